The van der Waals surface area contributed by atoms with Crippen molar-refractivity contribution in [2.24, 2.45) is 0 Å². The van der Waals surface area contributed by atoms with Crippen LogP contribution in [0.1, 0.15) is 66.3 Å². The highest BCUT2D eigenvalue weighted by Gasteiger charge is 2.28. The van der Waals surface area contributed by atoms with Gasteiger partial charge in [0.25, 0.3) is 5.56 Å². The zero-order chi connectivity index (χ0) is 26.5. The van der Waals surface area contributed by atoms with E-state index in [-0.39, 0.29) is 17.2 Å². The van der Waals surface area contributed by atoms with Crippen molar-refractivity contribution in [2.75, 3.05) is 32.8 Å². The summed E-state index contributed by atoms with van der Waals surface area (Å²) in [5.74, 6) is 0.636. The quantitative estimate of drug-likeness (QED) is 0.393. The minimum atomic E-state index is -0.321. The molecule has 2 aromatic carbocycles. The molecule has 3 aromatic rings. The molecule has 1 N–H and O–H groups in total. The third kappa shape index (κ3) is 6.26. The first-order chi connectivity index (χ1) is 18.5. The zero-order valence-electron chi connectivity index (χ0n) is 21.6. The zero-order valence-corrected chi connectivity index (χ0v) is 23.1. The van der Waals surface area contributed by atoms with Crippen LogP contribution in [0.5, 0.6) is 0 Å². The van der Waals surface area contributed by atoms with Gasteiger partial charge in [0, 0.05) is 43.9 Å². The lowest BCUT2D eigenvalue weighted by Gasteiger charge is -2.30. The first-order valence-electron chi connectivity index (χ1n) is 13.6. The Morgan fingerprint density at radius 2 is 1.58 bits per heavy atom. The SMILES string of the molecule is O=c1[nH]c([C@H]2CC[C@H](c3ccccc3)CC2)c(Cc2cccc(Cl)c2Cl)c(=O)n1CCCN1CCOCC1. The van der Waals surface area contributed by atoms with Gasteiger partial charge in [0.05, 0.1) is 23.3 Å². The van der Waals surface area contributed by atoms with Crippen LogP contribution in [-0.4, -0.2) is 47.3 Å². The number of benzene rings is 2. The molecule has 1 aliphatic carbocycles. The van der Waals surface area contributed by atoms with Gasteiger partial charge in [0.2, 0.25) is 0 Å². The van der Waals surface area contributed by atoms with Crippen LogP contribution in [0.4, 0.5) is 0 Å². The van der Waals surface area contributed by atoms with E-state index in [9.17, 15) is 9.59 Å². The molecular formula is C30H35Cl2N3O3. The molecule has 8 heteroatoms. The monoisotopic (exact) mass is 555 g/mol. The van der Waals surface area contributed by atoms with Gasteiger partial charge in [-0.2, -0.15) is 0 Å². The third-order valence-corrected chi connectivity index (χ3v) is 8.94. The predicted molar refractivity (Wildman–Crippen MR) is 153 cm³/mol. The van der Waals surface area contributed by atoms with E-state index in [1.165, 1.54) is 10.1 Å². The number of hydrogen-bond acceptors (Lipinski definition) is 4. The Labute approximate surface area is 233 Å². The highest BCUT2D eigenvalue weighted by molar-refractivity contribution is 6.42. The van der Waals surface area contributed by atoms with Crippen LogP contribution in [0, 0.1) is 0 Å². The smallest absolute Gasteiger partial charge is 0.328 e. The fraction of sp³-hybridized carbons (Fsp3) is 0.467. The Bertz CT molecular complexity index is 1340. The largest absolute Gasteiger partial charge is 0.379 e. The van der Waals surface area contributed by atoms with Crippen molar-refractivity contribution in [3.63, 3.8) is 0 Å². The summed E-state index contributed by atoms with van der Waals surface area (Å²) >= 11 is 12.8. The summed E-state index contributed by atoms with van der Waals surface area (Å²) in [5.41, 5.74) is 3.02. The van der Waals surface area contributed by atoms with Crippen molar-refractivity contribution in [1.29, 1.82) is 0 Å². The maximum Gasteiger partial charge on any atom is 0.328 e. The number of nitrogens with zero attached hydrogens (tertiary/aromatic N) is 2. The maximum absolute atomic E-state index is 13.9. The number of halogens is 2. The molecule has 1 saturated heterocycles. The van der Waals surface area contributed by atoms with E-state index in [1.54, 1.807) is 6.07 Å². The first-order valence-corrected chi connectivity index (χ1v) is 14.4. The van der Waals surface area contributed by atoms with Gasteiger partial charge >= 0.3 is 5.69 Å². The summed E-state index contributed by atoms with van der Waals surface area (Å²) < 4.78 is 6.79. The van der Waals surface area contributed by atoms with E-state index in [1.807, 2.05) is 18.2 Å². The lowest BCUT2D eigenvalue weighted by atomic mass is 9.76. The predicted octanol–water partition coefficient (Wildman–Crippen LogP) is 5.60. The highest BCUT2D eigenvalue weighted by Crippen LogP contribution is 2.40. The molecule has 2 fully saturated rings. The van der Waals surface area contributed by atoms with E-state index in [4.69, 9.17) is 27.9 Å². The number of aromatic amines is 1. The molecule has 0 spiro atoms. The van der Waals surface area contributed by atoms with Crippen molar-refractivity contribution >= 4 is 23.2 Å². The second kappa shape index (κ2) is 12.6. The van der Waals surface area contributed by atoms with E-state index in [2.05, 4.69) is 34.1 Å². The Kier molecular flexibility index (Phi) is 9.05. The average molecular weight is 557 g/mol. The first kappa shape index (κ1) is 27.2. The van der Waals surface area contributed by atoms with Crippen molar-refractivity contribution in [3.05, 3.63) is 102 Å². The molecule has 1 aromatic heterocycles. The van der Waals surface area contributed by atoms with Crippen molar-refractivity contribution < 1.29 is 4.74 Å². The number of nitrogens with one attached hydrogen (secondary N) is 1. The maximum atomic E-state index is 13.9. The lowest BCUT2D eigenvalue weighted by Crippen LogP contribution is -2.41. The third-order valence-electron chi connectivity index (χ3n) is 8.08. The van der Waals surface area contributed by atoms with E-state index in [0.717, 1.165) is 76.2 Å². The summed E-state index contributed by atoms with van der Waals surface area (Å²) in [7, 11) is 0. The number of hydrogen-bond donors (Lipinski definition) is 1. The number of ether oxygens (including phenoxy) is 1. The number of morpholine rings is 1. The molecule has 38 heavy (non-hydrogen) atoms. The fourth-order valence-electron chi connectivity index (χ4n) is 5.94. The van der Waals surface area contributed by atoms with E-state index < -0.39 is 0 Å². The van der Waals surface area contributed by atoms with Crippen molar-refractivity contribution in [3.8, 4) is 0 Å². The summed E-state index contributed by atoms with van der Waals surface area (Å²) in [4.78, 5) is 32.5. The topological polar surface area (TPSA) is 67.3 Å². The number of aromatic nitrogens is 2. The van der Waals surface area contributed by atoms with Gasteiger partial charge in [0.1, 0.15) is 0 Å². The van der Waals surface area contributed by atoms with Crippen molar-refractivity contribution in [2.45, 2.75) is 56.9 Å². The molecule has 5 rings (SSSR count). The molecule has 0 atom stereocenters. The molecule has 6 nitrogen and oxygen atoms in total. The molecule has 0 unspecified atom stereocenters. The molecule has 0 bridgehead atoms. The molecule has 0 amide bonds. The molecular weight excluding hydrogens is 521 g/mol. The van der Waals surface area contributed by atoms with Crippen LogP contribution in [0.3, 0.4) is 0 Å². The van der Waals surface area contributed by atoms with Crippen LogP contribution in [0.2, 0.25) is 10.0 Å². The molecule has 0 radical (unpaired) electrons. The molecule has 2 heterocycles. The lowest BCUT2D eigenvalue weighted by molar-refractivity contribution is 0.0368. The van der Waals surface area contributed by atoms with Gasteiger partial charge in [0.15, 0.2) is 0 Å². The fourth-order valence-corrected chi connectivity index (χ4v) is 6.33. The van der Waals surface area contributed by atoms with Gasteiger partial charge in [-0.15, -0.1) is 0 Å². The van der Waals surface area contributed by atoms with Crippen LogP contribution in [0.25, 0.3) is 0 Å². The second-order valence-corrected chi connectivity index (χ2v) is 11.2. The summed E-state index contributed by atoms with van der Waals surface area (Å²) in [5, 5.41) is 0.918. The highest BCUT2D eigenvalue weighted by atomic mass is 35.5. The molecule has 2 aliphatic rings. The Morgan fingerprint density at radius 3 is 2.32 bits per heavy atom. The van der Waals surface area contributed by atoms with Gasteiger partial charge in [-0.3, -0.25) is 14.3 Å². The van der Waals surface area contributed by atoms with E-state index >= 15 is 0 Å². The molecule has 202 valence electrons. The number of H-pyrrole nitrogens is 1. The van der Waals surface area contributed by atoms with Gasteiger partial charge < -0.3 is 9.72 Å². The minimum absolute atomic E-state index is 0.131. The molecule has 1 saturated carbocycles. The van der Waals surface area contributed by atoms with Crippen LogP contribution < -0.4 is 11.2 Å². The van der Waals surface area contributed by atoms with Gasteiger partial charge in [-0.1, -0.05) is 65.7 Å². The summed E-state index contributed by atoms with van der Waals surface area (Å²) in [6, 6.07) is 16.1. The average Bonchev–Trinajstić information content (AvgIpc) is 2.95. The van der Waals surface area contributed by atoms with Gasteiger partial charge in [-0.25, -0.2) is 4.79 Å². The Balaban J connectivity index is 1.41. The molecule has 1 aliphatic heterocycles. The van der Waals surface area contributed by atoms with Crippen LogP contribution in [0.15, 0.2) is 58.1 Å². The Hall–Kier alpha value is -2.38. The Morgan fingerprint density at radius 1 is 0.868 bits per heavy atom. The van der Waals surface area contributed by atoms with Gasteiger partial charge in [-0.05, 0) is 61.1 Å². The normalized spacial score (nSPS) is 20.5. The minimum Gasteiger partial charge on any atom is -0.379 e. The van der Waals surface area contributed by atoms with E-state index in [0.29, 0.717) is 34.5 Å². The summed E-state index contributed by atoms with van der Waals surface area (Å²) in [6.07, 6.45) is 4.96. The van der Waals surface area contributed by atoms with Crippen LogP contribution >= 0.6 is 23.2 Å². The summed E-state index contributed by atoms with van der Waals surface area (Å²) in [6.45, 7) is 4.43. The van der Waals surface area contributed by atoms with Crippen molar-refractivity contribution in [1.82, 2.24) is 14.5 Å². The van der Waals surface area contributed by atoms with Crippen LogP contribution in [-0.2, 0) is 17.7 Å². The number of rotatable bonds is 8. The second-order valence-electron chi connectivity index (χ2n) is 10.4. The standard InChI is InChI=1S/C30H35Cl2N3O3/c31-26-9-4-8-24(27(26)32)20-25-28(23-12-10-22(11-13-23)21-6-2-1-3-7-21)33-30(37)35(29(25)36)15-5-14-34-16-18-38-19-17-34/h1-4,6-9,22-23H,5,10-20H2,(H,33,37)/t22-,23-.